The standard InChI is InChI=1S/C26H29F2N5O2/c1-5-33(25(35)17-11-22(34)31-29-13-17)14-26(15(2)3)10-9-16(4)18-12-21(30-32-24(18)26)23-19(27)7-6-8-20(23)28/h6-8,11-13,15-16H,5,9-10,14H2,1-4H3,(H,31,34)/t16-,26+/m0/s1. The van der Waals surface area contributed by atoms with Crippen LogP contribution in [0.1, 0.15) is 68.1 Å². The number of carbonyl (C=O) groups is 1. The van der Waals surface area contributed by atoms with E-state index in [1.807, 2.05) is 6.92 Å². The highest BCUT2D eigenvalue weighted by atomic mass is 19.1. The average molecular weight is 482 g/mol. The Hall–Kier alpha value is -3.49. The molecular weight excluding hydrogens is 452 g/mol. The SMILES string of the molecule is CCN(C[C@@]1(C(C)C)CC[C@H](C)c2cc(-c3c(F)cccc3F)nnc21)C(=O)c1cn[nH]c(=O)c1. The maximum atomic E-state index is 14.5. The number of H-pyrrole nitrogens is 1. The van der Waals surface area contributed by atoms with Crippen molar-refractivity contribution in [1.82, 2.24) is 25.3 Å². The molecule has 1 aromatic carbocycles. The van der Waals surface area contributed by atoms with Gasteiger partial charge in [0.1, 0.15) is 11.6 Å². The third kappa shape index (κ3) is 4.47. The second-order valence-electron chi connectivity index (χ2n) is 9.53. The van der Waals surface area contributed by atoms with Crippen LogP contribution in [0, 0.1) is 17.6 Å². The van der Waals surface area contributed by atoms with E-state index in [2.05, 4.69) is 41.2 Å². The predicted octanol–water partition coefficient (Wildman–Crippen LogP) is 4.46. The molecule has 1 N–H and O–H groups in total. The number of fused-ring (bicyclic) bond motifs is 1. The summed E-state index contributed by atoms with van der Waals surface area (Å²) in [5.74, 6) is -1.45. The first-order chi connectivity index (χ1) is 16.7. The zero-order valence-corrected chi connectivity index (χ0v) is 20.3. The second kappa shape index (κ2) is 9.64. The first-order valence-electron chi connectivity index (χ1n) is 11.8. The molecule has 35 heavy (non-hydrogen) atoms. The van der Waals surface area contributed by atoms with Crippen LogP contribution in [-0.2, 0) is 5.41 Å². The summed E-state index contributed by atoms with van der Waals surface area (Å²) in [4.78, 5) is 26.7. The van der Waals surface area contributed by atoms with Gasteiger partial charge in [0.05, 0.1) is 28.7 Å². The highest BCUT2D eigenvalue weighted by Gasteiger charge is 2.45. The van der Waals surface area contributed by atoms with E-state index in [1.165, 1.54) is 30.5 Å². The molecule has 0 fully saturated rings. The zero-order valence-electron chi connectivity index (χ0n) is 20.3. The van der Waals surface area contributed by atoms with E-state index in [4.69, 9.17) is 0 Å². The van der Waals surface area contributed by atoms with Gasteiger partial charge in [0.2, 0.25) is 0 Å². The van der Waals surface area contributed by atoms with Gasteiger partial charge in [0.25, 0.3) is 11.5 Å². The Morgan fingerprint density at radius 1 is 1.23 bits per heavy atom. The summed E-state index contributed by atoms with van der Waals surface area (Å²) in [6.07, 6.45) is 2.95. The molecular formula is C26H29F2N5O2. The summed E-state index contributed by atoms with van der Waals surface area (Å²) in [5.41, 5.74) is 0.866. The number of amides is 1. The number of aromatic amines is 1. The summed E-state index contributed by atoms with van der Waals surface area (Å²) in [6.45, 7) is 8.91. The lowest BCUT2D eigenvalue weighted by atomic mass is 9.63. The smallest absolute Gasteiger partial charge is 0.264 e. The highest BCUT2D eigenvalue weighted by molar-refractivity contribution is 5.93. The van der Waals surface area contributed by atoms with Crippen LogP contribution in [0.2, 0.25) is 0 Å². The fourth-order valence-corrected chi connectivity index (χ4v) is 5.02. The number of hydrogen-bond acceptors (Lipinski definition) is 5. The molecule has 2 atom stereocenters. The Bertz CT molecular complexity index is 1290. The number of carbonyl (C=O) groups excluding carboxylic acids is 1. The van der Waals surface area contributed by atoms with Crippen molar-refractivity contribution in [1.29, 1.82) is 0 Å². The van der Waals surface area contributed by atoms with Gasteiger partial charge in [-0.2, -0.15) is 15.3 Å². The van der Waals surface area contributed by atoms with Crippen LogP contribution in [0.4, 0.5) is 8.78 Å². The minimum Gasteiger partial charge on any atom is -0.338 e. The summed E-state index contributed by atoms with van der Waals surface area (Å²) in [7, 11) is 0. The fraction of sp³-hybridized carbons (Fsp3) is 0.423. The van der Waals surface area contributed by atoms with Crippen LogP contribution in [0.3, 0.4) is 0 Å². The molecule has 184 valence electrons. The summed E-state index contributed by atoms with van der Waals surface area (Å²) >= 11 is 0. The first-order valence-corrected chi connectivity index (χ1v) is 11.8. The maximum absolute atomic E-state index is 14.5. The van der Waals surface area contributed by atoms with Crippen LogP contribution in [0.5, 0.6) is 0 Å². The van der Waals surface area contributed by atoms with Gasteiger partial charge in [-0.1, -0.05) is 26.8 Å². The molecule has 2 aromatic heterocycles. The van der Waals surface area contributed by atoms with E-state index < -0.39 is 22.6 Å². The minimum atomic E-state index is -0.688. The van der Waals surface area contributed by atoms with E-state index in [0.717, 1.165) is 24.1 Å². The topological polar surface area (TPSA) is 91.8 Å². The number of benzene rings is 1. The lowest BCUT2D eigenvalue weighted by molar-refractivity contribution is 0.0668. The number of rotatable bonds is 6. The molecule has 0 saturated carbocycles. The number of nitrogens with one attached hydrogen (secondary N) is 1. The Balaban J connectivity index is 1.78. The fourth-order valence-electron chi connectivity index (χ4n) is 5.02. The molecule has 0 spiro atoms. The third-order valence-electron chi connectivity index (χ3n) is 7.23. The van der Waals surface area contributed by atoms with E-state index in [9.17, 15) is 18.4 Å². The van der Waals surface area contributed by atoms with Crippen LogP contribution in [0.25, 0.3) is 11.3 Å². The molecule has 1 aliphatic rings. The van der Waals surface area contributed by atoms with E-state index in [1.54, 1.807) is 11.0 Å². The number of hydrogen-bond donors (Lipinski definition) is 1. The van der Waals surface area contributed by atoms with Crippen molar-refractivity contribution < 1.29 is 13.6 Å². The molecule has 0 unspecified atom stereocenters. The summed E-state index contributed by atoms with van der Waals surface area (Å²) in [5, 5.41) is 14.8. The number of aromatic nitrogens is 4. The molecule has 3 aromatic rings. The normalized spacial score (nSPS) is 19.5. The van der Waals surface area contributed by atoms with Gasteiger partial charge in [-0.25, -0.2) is 13.9 Å². The molecule has 2 heterocycles. The minimum absolute atomic E-state index is 0.0956. The van der Waals surface area contributed by atoms with Gasteiger partial charge in [-0.3, -0.25) is 9.59 Å². The van der Waals surface area contributed by atoms with Gasteiger partial charge in [-0.05, 0) is 55.4 Å². The summed E-state index contributed by atoms with van der Waals surface area (Å²) < 4.78 is 28.9. The highest BCUT2D eigenvalue weighted by Crippen LogP contribution is 2.47. The van der Waals surface area contributed by atoms with Crippen molar-refractivity contribution in [3.05, 3.63) is 75.3 Å². The predicted molar refractivity (Wildman–Crippen MR) is 128 cm³/mol. The molecule has 1 amide bonds. The van der Waals surface area contributed by atoms with Crippen molar-refractivity contribution in [3.63, 3.8) is 0 Å². The monoisotopic (exact) mass is 481 g/mol. The molecule has 0 saturated heterocycles. The van der Waals surface area contributed by atoms with Crippen LogP contribution < -0.4 is 5.56 Å². The summed E-state index contributed by atoms with van der Waals surface area (Å²) in [6, 6.07) is 6.71. The molecule has 1 aliphatic carbocycles. The van der Waals surface area contributed by atoms with E-state index >= 15 is 0 Å². The Kier molecular flexibility index (Phi) is 6.78. The molecule has 0 bridgehead atoms. The Morgan fingerprint density at radius 3 is 2.57 bits per heavy atom. The van der Waals surface area contributed by atoms with E-state index in [-0.39, 0.29) is 34.6 Å². The first kappa shape index (κ1) is 24.6. The van der Waals surface area contributed by atoms with Crippen LogP contribution in [-0.4, -0.2) is 44.3 Å². The van der Waals surface area contributed by atoms with Crippen molar-refractivity contribution >= 4 is 5.91 Å². The van der Waals surface area contributed by atoms with Gasteiger partial charge in [-0.15, -0.1) is 0 Å². The second-order valence-corrected chi connectivity index (χ2v) is 9.53. The maximum Gasteiger partial charge on any atom is 0.264 e. The molecule has 4 rings (SSSR count). The van der Waals surface area contributed by atoms with Crippen LogP contribution in [0.15, 0.2) is 41.3 Å². The Labute approximate surface area is 202 Å². The van der Waals surface area contributed by atoms with Crippen molar-refractivity contribution in [2.45, 2.75) is 51.9 Å². The largest absolute Gasteiger partial charge is 0.338 e. The molecule has 0 radical (unpaired) electrons. The quantitative estimate of drug-likeness (QED) is 0.561. The van der Waals surface area contributed by atoms with Crippen molar-refractivity contribution in [2.24, 2.45) is 5.92 Å². The molecule has 7 nitrogen and oxygen atoms in total. The van der Waals surface area contributed by atoms with Gasteiger partial charge < -0.3 is 4.90 Å². The van der Waals surface area contributed by atoms with Crippen LogP contribution >= 0.6 is 0 Å². The lowest BCUT2D eigenvalue weighted by Gasteiger charge is -2.45. The number of nitrogens with zero attached hydrogens (tertiary/aromatic N) is 4. The molecule has 9 heteroatoms. The number of halogens is 2. The van der Waals surface area contributed by atoms with Crippen molar-refractivity contribution in [2.75, 3.05) is 13.1 Å². The Morgan fingerprint density at radius 2 is 1.94 bits per heavy atom. The zero-order chi connectivity index (χ0) is 25.3. The lowest BCUT2D eigenvalue weighted by Crippen LogP contribution is -2.49. The van der Waals surface area contributed by atoms with Crippen molar-refractivity contribution in [3.8, 4) is 11.3 Å². The van der Waals surface area contributed by atoms with E-state index in [0.29, 0.717) is 13.1 Å². The van der Waals surface area contributed by atoms with Gasteiger partial charge in [0, 0.05) is 24.6 Å². The molecule has 0 aliphatic heterocycles. The van der Waals surface area contributed by atoms with Gasteiger partial charge >= 0.3 is 0 Å². The third-order valence-corrected chi connectivity index (χ3v) is 7.23. The van der Waals surface area contributed by atoms with Gasteiger partial charge in [0.15, 0.2) is 0 Å². The number of likely N-dealkylation sites (N-methyl/N-ethyl adjacent to an activating group) is 1. The average Bonchev–Trinajstić information content (AvgIpc) is 2.83.